The molecular formula is C11H15N3S2. The van der Waals surface area contributed by atoms with Gasteiger partial charge in [0.1, 0.15) is 5.01 Å². The van der Waals surface area contributed by atoms with Crippen molar-refractivity contribution in [1.82, 2.24) is 15.3 Å². The fourth-order valence-corrected chi connectivity index (χ4v) is 2.86. The van der Waals surface area contributed by atoms with Crippen LogP contribution in [0.3, 0.4) is 0 Å². The molecule has 2 aromatic heterocycles. The van der Waals surface area contributed by atoms with Crippen molar-refractivity contribution in [2.45, 2.75) is 32.9 Å². The van der Waals surface area contributed by atoms with E-state index in [9.17, 15) is 0 Å². The van der Waals surface area contributed by atoms with E-state index in [1.54, 1.807) is 22.7 Å². The second-order valence-electron chi connectivity index (χ2n) is 4.18. The monoisotopic (exact) mass is 253 g/mol. The van der Waals surface area contributed by atoms with Gasteiger partial charge in [0.15, 0.2) is 0 Å². The van der Waals surface area contributed by atoms with Crippen molar-refractivity contribution >= 4 is 22.7 Å². The lowest BCUT2D eigenvalue weighted by Gasteiger charge is -2.23. The Labute approximate surface area is 104 Å². The Morgan fingerprint density at radius 3 is 2.69 bits per heavy atom. The van der Waals surface area contributed by atoms with Crippen LogP contribution in [0.5, 0.6) is 0 Å². The van der Waals surface area contributed by atoms with Gasteiger partial charge in [0, 0.05) is 23.0 Å². The highest BCUT2D eigenvalue weighted by molar-refractivity contribution is 7.10. The van der Waals surface area contributed by atoms with Crippen molar-refractivity contribution in [2.24, 2.45) is 0 Å². The first-order chi connectivity index (χ1) is 7.59. The minimum absolute atomic E-state index is 0.0788. The average molecular weight is 253 g/mol. The smallest absolute Gasteiger partial charge is 0.112 e. The van der Waals surface area contributed by atoms with Crippen molar-refractivity contribution in [3.8, 4) is 0 Å². The van der Waals surface area contributed by atoms with Gasteiger partial charge in [0.2, 0.25) is 0 Å². The molecule has 0 bridgehead atoms. The fourth-order valence-electron chi connectivity index (χ4n) is 1.40. The Hall–Kier alpha value is -0.780. The molecule has 0 fully saturated rings. The predicted molar refractivity (Wildman–Crippen MR) is 68.8 cm³/mol. The molecule has 0 aliphatic rings. The Morgan fingerprint density at radius 2 is 2.12 bits per heavy atom. The third-order valence-corrected chi connectivity index (χ3v) is 4.53. The third-order valence-electron chi connectivity index (χ3n) is 2.50. The van der Waals surface area contributed by atoms with Gasteiger partial charge >= 0.3 is 0 Å². The molecular weight excluding hydrogens is 238 g/mol. The van der Waals surface area contributed by atoms with Gasteiger partial charge in [-0.15, -0.1) is 22.7 Å². The third kappa shape index (κ3) is 2.48. The maximum Gasteiger partial charge on any atom is 0.112 e. The van der Waals surface area contributed by atoms with E-state index in [0.29, 0.717) is 0 Å². The van der Waals surface area contributed by atoms with Crippen LogP contribution in [0.4, 0.5) is 0 Å². The van der Waals surface area contributed by atoms with E-state index in [0.717, 1.165) is 17.2 Å². The van der Waals surface area contributed by atoms with Crippen molar-refractivity contribution in [1.29, 1.82) is 0 Å². The molecule has 3 nitrogen and oxygen atoms in total. The minimum Gasteiger partial charge on any atom is -0.301 e. The molecule has 2 aromatic rings. The van der Waals surface area contributed by atoms with E-state index in [2.05, 4.69) is 29.1 Å². The molecule has 0 spiro atoms. The zero-order chi connectivity index (χ0) is 11.6. The number of hydrogen-bond acceptors (Lipinski definition) is 5. The van der Waals surface area contributed by atoms with Gasteiger partial charge < -0.3 is 5.32 Å². The van der Waals surface area contributed by atoms with Crippen LogP contribution in [-0.2, 0) is 12.1 Å². The Bertz CT molecular complexity index is 446. The highest BCUT2D eigenvalue weighted by Crippen LogP contribution is 2.23. The summed E-state index contributed by atoms with van der Waals surface area (Å²) >= 11 is 3.38. The lowest BCUT2D eigenvalue weighted by Crippen LogP contribution is -2.35. The van der Waals surface area contributed by atoms with Crippen LogP contribution in [0, 0.1) is 6.92 Å². The number of aryl methyl sites for hydroxylation is 1. The molecule has 2 heterocycles. The molecule has 86 valence electrons. The van der Waals surface area contributed by atoms with Gasteiger partial charge in [0.05, 0.1) is 16.7 Å². The summed E-state index contributed by atoms with van der Waals surface area (Å²) in [5.41, 5.74) is 2.93. The maximum absolute atomic E-state index is 4.35. The zero-order valence-corrected chi connectivity index (χ0v) is 11.3. The van der Waals surface area contributed by atoms with Gasteiger partial charge in [-0.25, -0.2) is 9.97 Å². The Morgan fingerprint density at radius 1 is 1.31 bits per heavy atom. The Kier molecular flexibility index (Phi) is 3.37. The molecule has 0 unspecified atom stereocenters. The van der Waals surface area contributed by atoms with E-state index in [4.69, 9.17) is 0 Å². The van der Waals surface area contributed by atoms with Crippen LogP contribution in [0.15, 0.2) is 17.1 Å². The van der Waals surface area contributed by atoms with Gasteiger partial charge in [-0.05, 0) is 20.8 Å². The summed E-state index contributed by atoms with van der Waals surface area (Å²) in [6.45, 7) is 7.21. The van der Waals surface area contributed by atoms with Crippen molar-refractivity contribution in [3.05, 3.63) is 32.7 Å². The van der Waals surface area contributed by atoms with Crippen molar-refractivity contribution < 1.29 is 0 Å². The van der Waals surface area contributed by atoms with E-state index in [-0.39, 0.29) is 5.54 Å². The minimum atomic E-state index is -0.0788. The summed E-state index contributed by atoms with van der Waals surface area (Å²) < 4.78 is 0. The van der Waals surface area contributed by atoms with E-state index < -0.39 is 0 Å². The number of nitrogens with zero attached hydrogens (tertiary/aromatic N) is 2. The van der Waals surface area contributed by atoms with Gasteiger partial charge in [0.25, 0.3) is 0 Å². The SMILES string of the molecule is Cc1ncsc1CNC(C)(C)c1nccs1. The molecule has 5 heteroatoms. The van der Waals surface area contributed by atoms with Gasteiger partial charge in [-0.2, -0.15) is 0 Å². The molecule has 16 heavy (non-hydrogen) atoms. The normalized spacial score (nSPS) is 11.9. The fraction of sp³-hybridized carbons (Fsp3) is 0.455. The summed E-state index contributed by atoms with van der Waals surface area (Å²) in [7, 11) is 0. The van der Waals surface area contributed by atoms with Crippen molar-refractivity contribution in [3.63, 3.8) is 0 Å². The number of aromatic nitrogens is 2. The lowest BCUT2D eigenvalue weighted by atomic mass is 10.1. The second kappa shape index (κ2) is 4.61. The number of nitrogens with one attached hydrogen (secondary N) is 1. The Balaban J connectivity index is 2.03. The predicted octanol–water partition coefficient (Wildman–Crippen LogP) is 2.93. The van der Waals surface area contributed by atoms with Crippen LogP contribution >= 0.6 is 22.7 Å². The van der Waals surface area contributed by atoms with Gasteiger partial charge in [-0.3, -0.25) is 0 Å². The second-order valence-corrected chi connectivity index (χ2v) is 6.01. The summed E-state index contributed by atoms with van der Waals surface area (Å²) in [5, 5.41) is 6.65. The quantitative estimate of drug-likeness (QED) is 0.910. The molecule has 0 atom stereocenters. The van der Waals surface area contributed by atoms with Crippen LogP contribution in [0.2, 0.25) is 0 Å². The van der Waals surface area contributed by atoms with Gasteiger partial charge in [-0.1, -0.05) is 0 Å². The van der Waals surface area contributed by atoms with E-state index in [1.165, 1.54) is 4.88 Å². The summed E-state index contributed by atoms with van der Waals surface area (Å²) in [6.07, 6.45) is 1.85. The molecule has 0 aromatic carbocycles. The molecule has 0 saturated carbocycles. The number of rotatable bonds is 4. The lowest BCUT2D eigenvalue weighted by molar-refractivity contribution is 0.400. The molecule has 0 radical (unpaired) electrons. The average Bonchev–Trinajstić information content (AvgIpc) is 2.85. The highest BCUT2D eigenvalue weighted by atomic mass is 32.1. The van der Waals surface area contributed by atoms with Crippen molar-refractivity contribution in [2.75, 3.05) is 0 Å². The highest BCUT2D eigenvalue weighted by Gasteiger charge is 2.22. The molecule has 1 N–H and O–H groups in total. The standard InChI is InChI=1S/C11H15N3S2/c1-8-9(16-7-13-8)6-14-11(2,3)10-12-4-5-15-10/h4-5,7,14H,6H2,1-3H3. The van der Waals surface area contributed by atoms with E-state index >= 15 is 0 Å². The van der Waals surface area contributed by atoms with Crippen LogP contribution in [0.1, 0.15) is 29.4 Å². The van der Waals surface area contributed by atoms with Crippen LogP contribution in [-0.4, -0.2) is 9.97 Å². The first kappa shape index (κ1) is 11.7. The molecule has 0 saturated heterocycles. The summed E-state index contributed by atoms with van der Waals surface area (Å²) in [4.78, 5) is 9.90. The molecule has 0 aliphatic heterocycles. The topological polar surface area (TPSA) is 37.8 Å². The summed E-state index contributed by atoms with van der Waals surface area (Å²) in [5.74, 6) is 0. The maximum atomic E-state index is 4.35. The molecule has 0 aliphatic carbocycles. The zero-order valence-electron chi connectivity index (χ0n) is 9.65. The number of hydrogen-bond donors (Lipinski definition) is 1. The van der Waals surface area contributed by atoms with Crippen LogP contribution < -0.4 is 5.32 Å². The first-order valence-electron chi connectivity index (χ1n) is 5.13. The summed E-state index contributed by atoms with van der Waals surface area (Å²) in [6, 6.07) is 0. The van der Waals surface area contributed by atoms with E-state index in [1.807, 2.05) is 24.0 Å². The first-order valence-corrected chi connectivity index (χ1v) is 6.89. The number of thiazole rings is 2. The molecule has 2 rings (SSSR count). The largest absolute Gasteiger partial charge is 0.301 e. The van der Waals surface area contributed by atoms with Crippen LogP contribution in [0.25, 0.3) is 0 Å². The molecule has 0 amide bonds.